The Morgan fingerprint density at radius 1 is 1.33 bits per heavy atom. The molecule has 0 aliphatic carbocycles. The molecule has 0 aromatic carbocycles. The minimum Gasteiger partial charge on any atom is -0.373 e. The third-order valence-electron chi connectivity index (χ3n) is 3.12. The number of nitrogens with zero attached hydrogens (tertiary/aromatic N) is 3. The van der Waals surface area contributed by atoms with Gasteiger partial charge >= 0.3 is 0 Å². The van der Waals surface area contributed by atoms with E-state index in [2.05, 4.69) is 32.4 Å². The van der Waals surface area contributed by atoms with Crippen LogP contribution in [-0.2, 0) is 0 Å². The maximum Gasteiger partial charge on any atom is 0.223 e. The first-order valence-electron chi connectivity index (χ1n) is 6.48. The fourth-order valence-electron chi connectivity index (χ4n) is 2.32. The summed E-state index contributed by atoms with van der Waals surface area (Å²) in [5.41, 5.74) is 5.66. The van der Waals surface area contributed by atoms with Gasteiger partial charge in [-0.25, -0.2) is 0 Å². The molecular weight excluding hydrogens is 228 g/mol. The Bertz CT molecular complexity index is 388. The zero-order chi connectivity index (χ0) is 13.0. The van der Waals surface area contributed by atoms with Crippen LogP contribution in [0.2, 0.25) is 0 Å². The van der Waals surface area contributed by atoms with E-state index >= 15 is 0 Å². The Morgan fingerprint density at radius 3 is 2.67 bits per heavy atom. The molecule has 1 atom stereocenters. The average molecular weight is 250 g/mol. The smallest absolute Gasteiger partial charge is 0.223 e. The van der Waals surface area contributed by atoms with E-state index in [-0.39, 0.29) is 5.95 Å². The number of hydrogen-bond donors (Lipinski definition) is 3. The minimum absolute atomic E-state index is 0.290. The van der Waals surface area contributed by atoms with Gasteiger partial charge < -0.3 is 21.3 Å². The molecule has 2 rings (SSSR count). The summed E-state index contributed by atoms with van der Waals surface area (Å²) in [6.07, 6.45) is 2.63. The van der Waals surface area contributed by atoms with Gasteiger partial charge in [-0.3, -0.25) is 0 Å². The Morgan fingerprint density at radius 2 is 2.00 bits per heavy atom. The van der Waals surface area contributed by atoms with Crippen LogP contribution in [0, 0.1) is 0 Å². The standard InChI is InChI=1S/C12H22N6/c1-9(8-18-5-3-4-6-18)15-11-7-10(14-2)16-12(13)17-11/h7,9H,3-6,8H2,1-2H3,(H4,13,14,15,16,17). The zero-order valence-electron chi connectivity index (χ0n) is 11.1. The molecular formula is C12H22N6. The van der Waals surface area contributed by atoms with E-state index in [4.69, 9.17) is 5.73 Å². The van der Waals surface area contributed by atoms with Crippen molar-refractivity contribution in [3.63, 3.8) is 0 Å². The maximum atomic E-state index is 5.66. The van der Waals surface area contributed by atoms with Crippen LogP contribution < -0.4 is 16.4 Å². The van der Waals surface area contributed by atoms with E-state index in [0.29, 0.717) is 6.04 Å². The molecule has 1 fully saturated rings. The van der Waals surface area contributed by atoms with Crippen molar-refractivity contribution in [3.8, 4) is 0 Å². The molecule has 0 saturated carbocycles. The van der Waals surface area contributed by atoms with Crippen LogP contribution in [0.25, 0.3) is 0 Å². The van der Waals surface area contributed by atoms with E-state index in [0.717, 1.165) is 18.2 Å². The number of hydrogen-bond acceptors (Lipinski definition) is 6. The molecule has 4 N–H and O–H groups in total. The summed E-state index contributed by atoms with van der Waals surface area (Å²) in [5.74, 6) is 1.80. The number of nitrogen functional groups attached to an aromatic ring is 1. The highest BCUT2D eigenvalue weighted by molar-refractivity contribution is 5.51. The number of aromatic nitrogens is 2. The maximum absolute atomic E-state index is 5.66. The molecule has 2 heterocycles. The van der Waals surface area contributed by atoms with Crippen LogP contribution in [0.15, 0.2) is 6.07 Å². The topological polar surface area (TPSA) is 79.1 Å². The normalized spacial score (nSPS) is 17.7. The van der Waals surface area contributed by atoms with E-state index < -0.39 is 0 Å². The van der Waals surface area contributed by atoms with Gasteiger partial charge in [0.15, 0.2) is 0 Å². The van der Waals surface area contributed by atoms with Crippen molar-refractivity contribution in [1.82, 2.24) is 14.9 Å². The first-order chi connectivity index (χ1) is 8.67. The predicted molar refractivity (Wildman–Crippen MR) is 74.7 cm³/mol. The molecule has 6 nitrogen and oxygen atoms in total. The van der Waals surface area contributed by atoms with Crippen molar-refractivity contribution in [2.75, 3.05) is 43.0 Å². The summed E-state index contributed by atoms with van der Waals surface area (Å²) in [5, 5.41) is 6.34. The molecule has 100 valence electrons. The van der Waals surface area contributed by atoms with Gasteiger partial charge in [-0.15, -0.1) is 0 Å². The lowest BCUT2D eigenvalue weighted by Gasteiger charge is -2.21. The molecule has 0 amide bonds. The molecule has 1 aromatic rings. The summed E-state index contributed by atoms with van der Waals surface area (Å²) in [6, 6.07) is 2.22. The van der Waals surface area contributed by atoms with Gasteiger partial charge in [0.2, 0.25) is 5.95 Å². The lowest BCUT2D eigenvalue weighted by Crippen LogP contribution is -2.33. The number of nitrogens with two attached hydrogens (primary N) is 1. The summed E-state index contributed by atoms with van der Waals surface area (Å²) in [4.78, 5) is 10.7. The summed E-state index contributed by atoms with van der Waals surface area (Å²) >= 11 is 0. The van der Waals surface area contributed by atoms with Crippen LogP contribution in [0.4, 0.5) is 17.6 Å². The molecule has 1 aliphatic rings. The Kier molecular flexibility index (Phi) is 4.19. The van der Waals surface area contributed by atoms with Crippen LogP contribution in [0.1, 0.15) is 19.8 Å². The molecule has 1 aromatic heterocycles. The SMILES string of the molecule is CNc1cc(NC(C)CN2CCCC2)nc(N)n1. The molecule has 0 radical (unpaired) electrons. The Labute approximate surface area is 108 Å². The summed E-state index contributed by atoms with van der Waals surface area (Å²) in [6.45, 7) is 5.62. The van der Waals surface area contributed by atoms with Gasteiger partial charge in [0, 0.05) is 25.7 Å². The quantitative estimate of drug-likeness (QED) is 0.723. The highest BCUT2D eigenvalue weighted by atomic mass is 15.2. The zero-order valence-corrected chi connectivity index (χ0v) is 11.1. The molecule has 18 heavy (non-hydrogen) atoms. The highest BCUT2D eigenvalue weighted by Crippen LogP contribution is 2.14. The third kappa shape index (κ3) is 3.46. The molecule has 0 spiro atoms. The fourth-order valence-corrected chi connectivity index (χ4v) is 2.32. The third-order valence-corrected chi connectivity index (χ3v) is 3.12. The highest BCUT2D eigenvalue weighted by Gasteiger charge is 2.15. The van der Waals surface area contributed by atoms with Gasteiger partial charge in [-0.2, -0.15) is 9.97 Å². The van der Waals surface area contributed by atoms with Gasteiger partial charge in [-0.05, 0) is 32.9 Å². The second-order valence-corrected chi connectivity index (χ2v) is 4.80. The molecule has 1 saturated heterocycles. The van der Waals surface area contributed by atoms with Gasteiger partial charge in [0.05, 0.1) is 0 Å². The lowest BCUT2D eigenvalue weighted by molar-refractivity contribution is 0.327. The monoisotopic (exact) mass is 250 g/mol. The molecule has 1 unspecified atom stereocenters. The Hall–Kier alpha value is -1.56. The van der Waals surface area contributed by atoms with E-state index in [1.165, 1.54) is 25.9 Å². The van der Waals surface area contributed by atoms with Crippen LogP contribution in [0.5, 0.6) is 0 Å². The van der Waals surface area contributed by atoms with Crippen LogP contribution in [-0.4, -0.2) is 47.6 Å². The second-order valence-electron chi connectivity index (χ2n) is 4.80. The first kappa shape index (κ1) is 12.9. The Balaban J connectivity index is 1.93. The number of nitrogens with one attached hydrogen (secondary N) is 2. The van der Waals surface area contributed by atoms with Crippen molar-refractivity contribution < 1.29 is 0 Å². The van der Waals surface area contributed by atoms with Crippen molar-refractivity contribution in [1.29, 1.82) is 0 Å². The van der Waals surface area contributed by atoms with Gasteiger partial charge in [0.25, 0.3) is 0 Å². The lowest BCUT2D eigenvalue weighted by atomic mass is 10.3. The number of anilines is 3. The summed E-state index contributed by atoms with van der Waals surface area (Å²) in [7, 11) is 1.82. The van der Waals surface area contributed by atoms with Crippen molar-refractivity contribution in [3.05, 3.63) is 6.07 Å². The van der Waals surface area contributed by atoms with E-state index in [1.807, 2.05) is 13.1 Å². The van der Waals surface area contributed by atoms with Crippen LogP contribution in [0.3, 0.4) is 0 Å². The van der Waals surface area contributed by atoms with Crippen molar-refractivity contribution in [2.24, 2.45) is 0 Å². The van der Waals surface area contributed by atoms with E-state index in [1.54, 1.807) is 0 Å². The molecule has 0 bridgehead atoms. The van der Waals surface area contributed by atoms with Crippen LogP contribution >= 0.6 is 0 Å². The van der Waals surface area contributed by atoms with Crippen molar-refractivity contribution >= 4 is 17.6 Å². The molecule has 1 aliphatic heterocycles. The number of likely N-dealkylation sites (tertiary alicyclic amines) is 1. The largest absolute Gasteiger partial charge is 0.373 e. The summed E-state index contributed by atoms with van der Waals surface area (Å²) < 4.78 is 0. The van der Waals surface area contributed by atoms with Crippen molar-refractivity contribution in [2.45, 2.75) is 25.8 Å². The minimum atomic E-state index is 0.290. The predicted octanol–water partition coefficient (Wildman–Crippen LogP) is 0.997. The first-order valence-corrected chi connectivity index (χ1v) is 6.48. The van der Waals surface area contributed by atoms with Gasteiger partial charge in [-0.1, -0.05) is 0 Å². The fraction of sp³-hybridized carbons (Fsp3) is 0.667. The van der Waals surface area contributed by atoms with E-state index in [9.17, 15) is 0 Å². The number of rotatable bonds is 5. The second kappa shape index (κ2) is 5.86. The molecule has 6 heteroatoms. The van der Waals surface area contributed by atoms with Gasteiger partial charge in [0.1, 0.15) is 11.6 Å². The average Bonchev–Trinajstić information content (AvgIpc) is 2.80.